The molecule has 18 heteroatoms. The van der Waals surface area contributed by atoms with Crippen molar-refractivity contribution < 1.29 is 33.0 Å². The maximum atomic E-state index is 15.4. The summed E-state index contributed by atoms with van der Waals surface area (Å²) in [6.45, 7) is 4.44. The third-order valence-electron chi connectivity index (χ3n) is 12.1. The van der Waals surface area contributed by atoms with Gasteiger partial charge in [0.25, 0.3) is 5.91 Å². The Kier molecular flexibility index (Phi) is 13.5. The molecule has 4 fully saturated rings. The van der Waals surface area contributed by atoms with Gasteiger partial charge in [0.05, 0.1) is 56.1 Å². The van der Waals surface area contributed by atoms with Gasteiger partial charge in [-0.1, -0.05) is 36.4 Å². The number of hydrogen-bond acceptors (Lipinski definition) is 11. The van der Waals surface area contributed by atoms with Gasteiger partial charge in [0, 0.05) is 29.8 Å². The highest BCUT2D eigenvalue weighted by molar-refractivity contribution is 5.98. The van der Waals surface area contributed by atoms with Gasteiger partial charge in [-0.3, -0.25) is 15.0 Å². The Labute approximate surface area is 385 Å². The van der Waals surface area contributed by atoms with Gasteiger partial charge in [-0.15, -0.1) is 22.6 Å². The summed E-state index contributed by atoms with van der Waals surface area (Å²) in [4.78, 5) is 34.6. The minimum Gasteiger partial charge on any atom is -0.478 e. The van der Waals surface area contributed by atoms with Crippen molar-refractivity contribution in [2.45, 2.75) is 62.7 Å². The Morgan fingerprint density at radius 2 is 1.14 bits per heavy atom. The van der Waals surface area contributed by atoms with Gasteiger partial charge < -0.3 is 24.8 Å². The summed E-state index contributed by atoms with van der Waals surface area (Å²) < 4.78 is 39.1. The molecule has 340 valence electrons. The van der Waals surface area contributed by atoms with E-state index in [1.807, 2.05) is 44.2 Å². The number of aromatic carboxylic acids is 1. The molecule has 10 rings (SSSR count). The molecule has 15 nitrogen and oxygen atoms in total. The van der Waals surface area contributed by atoms with E-state index in [0.29, 0.717) is 70.0 Å². The zero-order chi connectivity index (χ0) is 46.0. The molecule has 66 heavy (non-hydrogen) atoms. The predicted molar refractivity (Wildman–Crippen MR) is 241 cm³/mol. The van der Waals surface area contributed by atoms with Crippen LogP contribution in [0.1, 0.15) is 103 Å². The van der Waals surface area contributed by atoms with Crippen LogP contribution in [0, 0.1) is 36.5 Å². The number of carbonyl (C=O) groups excluding carboxylic acids is 1. The number of alkyl halides is 2. The first-order valence-corrected chi connectivity index (χ1v) is 21.1. The van der Waals surface area contributed by atoms with Gasteiger partial charge in [-0.25, -0.2) is 13.6 Å². The summed E-state index contributed by atoms with van der Waals surface area (Å²) >= 11 is 0. The number of methoxy groups -OCH3 is 2. The second-order valence-corrected chi connectivity index (χ2v) is 16.8. The number of benzene rings is 4. The van der Waals surface area contributed by atoms with E-state index in [1.165, 1.54) is 19.1 Å². The molecule has 2 aliphatic heterocycles. The van der Waals surface area contributed by atoms with Gasteiger partial charge >= 0.3 is 18.0 Å². The molecule has 4 heterocycles. The SMILES string of the molecule is COc1n[nH]c(-c2cc(C(=O)N3CC(F)(c4ccc(C#N)cc4)C3)c(C)cc2C2CC2)n1.COc1n[nH]c(-c2cc(C(=O)O)c(C)cc2C2CC2)n1.Cl.N#Cc1ccc(C2(F)CNC2)cc1. The molecule has 2 aliphatic carbocycles. The quantitative estimate of drug-likeness (QED) is 0.103. The predicted octanol–water partition coefficient (Wildman–Crippen LogP) is 7.97. The number of carboxylic acids is 1. The minimum atomic E-state index is -1.60. The minimum absolute atomic E-state index is 0. The van der Waals surface area contributed by atoms with Crippen LogP contribution in [0.15, 0.2) is 72.8 Å². The summed E-state index contributed by atoms with van der Waals surface area (Å²) in [5.74, 6) is 0.896. The van der Waals surface area contributed by atoms with Crippen molar-refractivity contribution in [1.82, 2.24) is 40.6 Å². The number of nitriles is 2. The smallest absolute Gasteiger partial charge is 0.335 e. The number of ether oxygens (including phenoxy) is 2. The first-order valence-electron chi connectivity index (χ1n) is 21.1. The van der Waals surface area contributed by atoms with Crippen molar-refractivity contribution in [3.05, 3.63) is 128 Å². The van der Waals surface area contributed by atoms with Crippen molar-refractivity contribution in [2.75, 3.05) is 40.4 Å². The van der Waals surface area contributed by atoms with Crippen LogP contribution in [0.3, 0.4) is 0 Å². The Morgan fingerprint density at radius 1 is 0.712 bits per heavy atom. The average molecular weight is 917 g/mol. The lowest BCUT2D eigenvalue weighted by molar-refractivity contribution is -0.0231. The van der Waals surface area contributed by atoms with Crippen molar-refractivity contribution in [1.29, 1.82) is 10.5 Å². The Morgan fingerprint density at radius 3 is 1.50 bits per heavy atom. The monoisotopic (exact) mass is 916 g/mol. The molecule has 0 unspecified atom stereocenters. The van der Waals surface area contributed by atoms with E-state index in [2.05, 4.69) is 35.7 Å². The second-order valence-electron chi connectivity index (χ2n) is 16.8. The third kappa shape index (κ3) is 9.73. The molecule has 0 spiro atoms. The first-order chi connectivity index (χ1) is 31.3. The molecule has 0 atom stereocenters. The number of aryl methyl sites for hydroxylation is 2. The number of nitrogens with zero attached hydrogens (tertiary/aromatic N) is 7. The zero-order valence-electron chi connectivity index (χ0n) is 36.6. The summed E-state index contributed by atoms with van der Waals surface area (Å²) in [7, 11) is 2.99. The van der Waals surface area contributed by atoms with Crippen LogP contribution in [-0.4, -0.2) is 92.6 Å². The molecule has 1 amide bonds. The highest BCUT2D eigenvalue weighted by Gasteiger charge is 2.48. The number of likely N-dealkylation sites (tertiary alicyclic amines) is 1. The molecular weight excluding hydrogens is 870 g/mol. The van der Waals surface area contributed by atoms with Crippen molar-refractivity contribution in [2.24, 2.45) is 0 Å². The van der Waals surface area contributed by atoms with E-state index in [4.69, 9.17) is 20.0 Å². The number of aromatic amines is 2. The number of halogens is 3. The topological polar surface area (TPSA) is 219 Å². The largest absolute Gasteiger partial charge is 0.478 e. The van der Waals surface area contributed by atoms with Crippen molar-refractivity contribution in [3.63, 3.8) is 0 Å². The summed E-state index contributed by atoms with van der Waals surface area (Å²) in [6.07, 6.45) is 4.46. The summed E-state index contributed by atoms with van der Waals surface area (Å²) in [5, 5.41) is 43.3. The van der Waals surface area contributed by atoms with E-state index in [-0.39, 0.29) is 43.4 Å². The number of carbonyl (C=O) groups is 2. The summed E-state index contributed by atoms with van der Waals surface area (Å²) in [5.41, 5.74) is 5.72. The van der Waals surface area contributed by atoms with Gasteiger partial charge in [0.1, 0.15) is 0 Å². The number of aromatic nitrogens is 6. The average Bonchev–Trinajstić information content (AvgIpc) is 4.24. The van der Waals surface area contributed by atoms with E-state index in [1.54, 1.807) is 54.6 Å². The lowest BCUT2D eigenvalue weighted by Crippen LogP contribution is -2.58. The zero-order valence-corrected chi connectivity index (χ0v) is 37.4. The standard InChI is InChI=1S/C24H22FN5O2.C14H15N3O3.C10H9FN2.ClH/c1-14-9-19(16-5-6-16)20(21-27-23(32-2)29-28-21)10-18(14)22(31)30-12-24(25,13-30)17-7-3-15(11-26)4-8-17;1-7-5-10(8-3-4-8)11(6-9(7)13(18)19)12-15-14(20-2)17-16-12;11-10(6-13-7-10)9-3-1-8(5-12)2-4-9;/h3-4,7-10,16H,5-6,12-13H2,1-2H3,(H,27,28,29);5-6,8H,3-4H2,1-2H3,(H,18,19)(H,15,16,17);1-4,13H,6-7H2;1H. The van der Waals surface area contributed by atoms with Gasteiger partial charge in [-0.2, -0.15) is 20.5 Å². The van der Waals surface area contributed by atoms with Crippen LogP contribution in [0.25, 0.3) is 22.8 Å². The van der Waals surface area contributed by atoms with Crippen LogP contribution in [0.5, 0.6) is 12.0 Å². The number of carboxylic acid groups (broad SMARTS) is 1. The first kappa shape index (κ1) is 46.8. The molecular formula is C48H47ClF2N10O5. The number of rotatable bonds is 10. The van der Waals surface area contributed by atoms with E-state index < -0.39 is 17.3 Å². The maximum absolute atomic E-state index is 15.4. The van der Waals surface area contributed by atoms with Crippen molar-refractivity contribution >= 4 is 24.3 Å². The number of H-pyrrole nitrogens is 2. The molecule has 4 aromatic carbocycles. The second kappa shape index (κ2) is 19.1. The van der Waals surface area contributed by atoms with Crippen LogP contribution in [0.4, 0.5) is 8.78 Å². The van der Waals surface area contributed by atoms with E-state index >= 15 is 4.39 Å². The molecule has 2 saturated carbocycles. The molecule has 2 aromatic heterocycles. The highest BCUT2D eigenvalue weighted by Crippen LogP contribution is 2.46. The lowest BCUT2D eigenvalue weighted by Gasteiger charge is -2.45. The Bertz CT molecular complexity index is 2840. The fraction of sp³-hybridized carbons (Fsp3) is 0.333. The Balaban J connectivity index is 0.000000162. The molecule has 6 aromatic rings. The normalized spacial score (nSPS) is 16.2. The van der Waals surface area contributed by atoms with Gasteiger partial charge in [0.15, 0.2) is 23.0 Å². The van der Waals surface area contributed by atoms with Crippen LogP contribution in [-0.2, 0) is 11.3 Å². The molecule has 4 N–H and O–H groups in total. The lowest BCUT2D eigenvalue weighted by atomic mass is 9.86. The Hall–Kier alpha value is -7.21. The maximum Gasteiger partial charge on any atom is 0.335 e. The molecule has 0 radical (unpaired) electrons. The van der Waals surface area contributed by atoms with Crippen LogP contribution in [0.2, 0.25) is 0 Å². The van der Waals surface area contributed by atoms with Crippen LogP contribution >= 0.6 is 12.4 Å². The fourth-order valence-electron chi connectivity index (χ4n) is 8.00. The molecule has 0 bridgehead atoms. The molecule has 2 saturated heterocycles. The number of hydrogen-bond donors (Lipinski definition) is 4. The fourth-order valence-corrected chi connectivity index (χ4v) is 8.00. The van der Waals surface area contributed by atoms with Gasteiger partial charge in [-0.05, 0) is 121 Å². The highest BCUT2D eigenvalue weighted by atomic mass is 35.5. The number of nitrogens with one attached hydrogen (secondary N) is 3. The van der Waals surface area contributed by atoms with E-state index in [9.17, 15) is 19.1 Å². The number of amides is 1. The summed E-state index contributed by atoms with van der Waals surface area (Å²) in [6, 6.07) is 25.1. The van der Waals surface area contributed by atoms with E-state index in [0.717, 1.165) is 59.1 Å². The third-order valence-corrected chi connectivity index (χ3v) is 12.1. The van der Waals surface area contributed by atoms with Crippen molar-refractivity contribution in [3.8, 4) is 46.9 Å². The van der Waals surface area contributed by atoms with Crippen LogP contribution < -0.4 is 14.8 Å². The molecule has 4 aliphatic rings. The van der Waals surface area contributed by atoms with Gasteiger partial charge in [0.2, 0.25) is 0 Å².